The molecule has 0 saturated carbocycles. The maximum atomic E-state index is 12.4. The van der Waals surface area contributed by atoms with Gasteiger partial charge in [-0.15, -0.1) is 0 Å². The number of nitrogens with one attached hydrogen (secondary N) is 1. The Hall–Kier alpha value is -1.62. The number of aromatic nitrogens is 1. The first-order valence-electron chi connectivity index (χ1n) is 9.34. The highest BCUT2D eigenvalue weighted by Gasteiger charge is 2.29. The molecule has 3 heterocycles. The number of aryl methyl sites for hydroxylation is 1. The Morgan fingerprint density at radius 1 is 1.33 bits per heavy atom. The van der Waals surface area contributed by atoms with Crippen LogP contribution in [0.3, 0.4) is 0 Å². The second-order valence-corrected chi connectivity index (χ2v) is 6.90. The molecule has 3 rings (SSSR count). The maximum Gasteiger partial charge on any atom is 0.317 e. The Labute approximate surface area is 144 Å². The standard InChI is InChI=1S/C19H29N3O2/c1-2-15-6-9-20-17(13-15)14-21-19(23)22-10-7-16(8-11-22)18-5-3-4-12-24-18/h6,9,13,16,18H,2-5,7-8,10-12,14H2,1H3,(H,21,23). The normalized spacial score (nSPS) is 22.4. The van der Waals surface area contributed by atoms with Crippen LogP contribution >= 0.6 is 0 Å². The molecule has 1 aromatic rings. The minimum atomic E-state index is 0.0294. The van der Waals surface area contributed by atoms with Crippen molar-refractivity contribution in [3.63, 3.8) is 0 Å². The number of pyridine rings is 1. The predicted octanol–water partition coefficient (Wildman–Crippen LogP) is 3.13. The van der Waals surface area contributed by atoms with Gasteiger partial charge in [0.05, 0.1) is 18.3 Å². The van der Waals surface area contributed by atoms with Crippen LogP contribution in [0.25, 0.3) is 0 Å². The maximum absolute atomic E-state index is 12.4. The van der Waals surface area contributed by atoms with Gasteiger partial charge in [0.1, 0.15) is 0 Å². The molecule has 24 heavy (non-hydrogen) atoms. The minimum absolute atomic E-state index is 0.0294. The summed E-state index contributed by atoms with van der Waals surface area (Å²) in [5.74, 6) is 0.622. The number of piperidine rings is 1. The fourth-order valence-corrected chi connectivity index (χ4v) is 3.73. The van der Waals surface area contributed by atoms with Gasteiger partial charge in [-0.3, -0.25) is 4.98 Å². The van der Waals surface area contributed by atoms with Crippen molar-refractivity contribution in [1.82, 2.24) is 15.2 Å². The minimum Gasteiger partial charge on any atom is -0.378 e. The molecule has 2 amide bonds. The van der Waals surface area contributed by atoms with Crippen LogP contribution in [-0.2, 0) is 17.7 Å². The van der Waals surface area contributed by atoms with E-state index in [0.29, 0.717) is 18.6 Å². The molecule has 1 unspecified atom stereocenters. The van der Waals surface area contributed by atoms with Gasteiger partial charge in [0.2, 0.25) is 0 Å². The molecule has 132 valence electrons. The third-order valence-corrected chi connectivity index (χ3v) is 5.28. The lowest BCUT2D eigenvalue weighted by Gasteiger charge is -2.37. The van der Waals surface area contributed by atoms with Gasteiger partial charge in [-0.2, -0.15) is 0 Å². The molecule has 0 aromatic carbocycles. The molecular weight excluding hydrogens is 302 g/mol. The highest BCUT2D eigenvalue weighted by molar-refractivity contribution is 5.74. The average molecular weight is 331 g/mol. The predicted molar refractivity (Wildman–Crippen MR) is 93.7 cm³/mol. The van der Waals surface area contributed by atoms with E-state index in [9.17, 15) is 4.79 Å². The summed E-state index contributed by atoms with van der Waals surface area (Å²) in [6.07, 6.45) is 9.01. The van der Waals surface area contributed by atoms with Crippen LogP contribution in [-0.4, -0.2) is 41.7 Å². The lowest BCUT2D eigenvalue weighted by Crippen LogP contribution is -2.46. The molecule has 2 aliphatic rings. The van der Waals surface area contributed by atoms with Gasteiger partial charge in [0.25, 0.3) is 0 Å². The number of hydrogen-bond acceptors (Lipinski definition) is 3. The summed E-state index contributed by atoms with van der Waals surface area (Å²) >= 11 is 0. The van der Waals surface area contributed by atoms with Gasteiger partial charge in [0, 0.05) is 25.9 Å². The van der Waals surface area contributed by atoms with E-state index < -0.39 is 0 Å². The van der Waals surface area contributed by atoms with Crippen molar-refractivity contribution in [2.75, 3.05) is 19.7 Å². The van der Waals surface area contributed by atoms with Crippen molar-refractivity contribution >= 4 is 6.03 Å². The van der Waals surface area contributed by atoms with E-state index in [1.807, 2.05) is 17.2 Å². The number of carbonyl (C=O) groups excluding carboxylic acids is 1. The number of carbonyl (C=O) groups is 1. The highest BCUT2D eigenvalue weighted by atomic mass is 16.5. The fourth-order valence-electron chi connectivity index (χ4n) is 3.73. The van der Waals surface area contributed by atoms with Crippen molar-refractivity contribution in [3.8, 4) is 0 Å². The largest absolute Gasteiger partial charge is 0.378 e. The van der Waals surface area contributed by atoms with Crippen LogP contribution in [0.1, 0.15) is 50.3 Å². The Morgan fingerprint density at radius 2 is 2.17 bits per heavy atom. The lowest BCUT2D eigenvalue weighted by atomic mass is 9.87. The van der Waals surface area contributed by atoms with E-state index in [2.05, 4.69) is 23.3 Å². The smallest absolute Gasteiger partial charge is 0.317 e. The van der Waals surface area contributed by atoms with Gasteiger partial charge in [-0.25, -0.2) is 4.79 Å². The fraction of sp³-hybridized carbons (Fsp3) is 0.684. The first kappa shape index (κ1) is 17.2. The van der Waals surface area contributed by atoms with Gasteiger partial charge >= 0.3 is 6.03 Å². The van der Waals surface area contributed by atoms with E-state index in [1.165, 1.54) is 24.8 Å². The first-order chi connectivity index (χ1) is 11.8. The molecule has 1 aromatic heterocycles. The Kier molecular flexibility index (Phi) is 6.07. The zero-order chi connectivity index (χ0) is 16.8. The molecular formula is C19H29N3O2. The molecule has 5 nitrogen and oxygen atoms in total. The molecule has 5 heteroatoms. The summed E-state index contributed by atoms with van der Waals surface area (Å²) in [6, 6.07) is 4.11. The Bertz CT molecular complexity index is 535. The summed E-state index contributed by atoms with van der Waals surface area (Å²) in [7, 11) is 0. The Balaban J connectivity index is 1.43. The zero-order valence-corrected chi connectivity index (χ0v) is 14.7. The highest BCUT2D eigenvalue weighted by Crippen LogP contribution is 2.28. The topological polar surface area (TPSA) is 54.5 Å². The quantitative estimate of drug-likeness (QED) is 0.922. The van der Waals surface area contributed by atoms with E-state index in [0.717, 1.165) is 44.7 Å². The Morgan fingerprint density at radius 3 is 2.88 bits per heavy atom. The van der Waals surface area contributed by atoms with E-state index in [-0.39, 0.29) is 6.03 Å². The van der Waals surface area contributed by atoms with Crippen molar-refractivity contribution in [2.24, 2.45) is 5.92 Å². The van der Waals surface area contributed by atoms with Crippen LogP contribution in [0.5, 0.6) is 0 Å². The van der Waals surface area contributed by atoms with Crippen LogP contribution in [0, 0.1) is 5.92 Å². The molecule has 2 aliphatic heterocycles. The summed E-state index contributed by atoms with van der Waals surface area (Å²) in [6.45, 7) is 5.20. The number of urea groups is 1. The zero-order valence-electron chi connectivity index (χ0n) is 14.7. The number of amides is 2. The molecule has 0 bridgehead atoms. The third-order valence-electron chi connectivity index (χ3n) is 5.28. The number of ether oxygens (including phenoxy) is 1. The monoisotopic (exact) mass is 331 g/mol. The van der Waals surface area contributed by atoms with E-state index in [4.69, 9.17) is 4.74 Å². The summed E-state index contributed by atoms with van der Waals surface area (Å²) < 4.78 is 5.91. The molecule has 0 spiro atoms. The van der Waals surface area contributed by atoms with Crippen LogP contribution in [0.2, 0.25) is 0 Å². The van der Waals surface area contributed by atoms with Gasteiger partial charge in [-0.05, 0) is 62.1 Å². The van der Waals surface area contributed by atoms with Crippen LogP contribution in [0.15, 0.2) is 18.3 Å². The number of hydrogen-bond donors (Lipinski definition) is 1. The van der Waals surface area contributed by atoms with Crippen molar-refractivity contribution in [3.05, 3.63) is 29.6 Å². The number of likely N-dealkylation sites (tertiary alicyclic amines) is 1. The first-order valence-corrected chi connectivity index (χ1v) is 9.34. The second kappa shape index (κ2) is 8.47. The molecule has 0 aliphatic carbocycles. The van der Waals surface area contributed by atoms with Crippen molar-refractivity contribution in [2.45, 2.75) is 58.1 Å². The van der Waals surface area contributed by atoms with Gasteiger partial charge < -0.3 is 15.0 Å². The third kappa shape index (κ3) is 4.47. The number of nitrogens with zero attached hydrogens (tertiary/aromatic N) is 2. The molecule has 2 fully saturated rings. The van der Waals surface area contributed by atoms with E-state index >= 15 is 0 Å². The van der Waals surface area contributed by atoms with Gasteiger partial charge in [-0.1, -0.05) is 6.92 Å². The number of rotatable bonds is 4. The second-order valence-electron chi connectivity index (χ2n) is 6.90. The SMILES string of the molecule is CCc1ccnc(CNC(=O)N2CCC(C3CCCCO3)CC2)c1. The summed E-state index contributed by atoms with van der Waals surface area (Å²) in [4.78, 5) is 18.6. The summed E-state index contributed by atoms with van der Waals surface area (Å²) in [5, 5.41) is 3.01. The average Bonchev–Trinajstić information content (AvgIpc) is 2.67. The summed E-state index contributed by atoms with van der Waals surface area (Å²) in [5.41, 5.74) is 2.18. The molecule has 2 saturated heterocycles. The van der Waals surface area contributed by atoms with Crippen LogP contribution in [0.4, 0.5) is 4.79 Å². The van der Waals surface area contributed by atoms with E-state index in [1.54, 1.807) is 0 Å². The van der Waals surface area contributed by atoms with Crippen molar-refractivity contribution in [1.29, 1.82) is 0 Å². The molecule has 1 atom stereocenters. The molecule has 1 N–H and O–H groups in total. The van der Waals surface area contributed by atoms with Crippen molar-refractivity contribution < 1.29 is 9.53 Å². The molecule has 0 radical (unpaired) electrons. The van der Waals surface area contributed by atoms with Crippen LogP contribution < -0.4 is 5.32 Å². The van der Waals surface area contributed by atoms with Gasteiger partial charge in [0.15, 0.2) is 0 Å². The lowest BCUT2D eigenvalue weighted by molar-refractivity contribution is -0.0348.